The number of alkyl halides is 4. The smallest absolute Gasteiger partial charge is 0.425 e. The highest BCUT2D eigenvalue weighted by atomic mass is 35.5. The summed E-state index contributed by atoms with van der Waals surface area (Å²) >= 11 is 6.27. The van der Waals surface area contributed by atoms with Gasteiger partial charge in [0.15, 0.2) is 35.2 Å². The molecule has 2 aromatic heterocycles. The van der Waals surface area contributed by atoms with Crippen LogP contribution < -0.4 is 4.90 Å². The molecule has 1 unspecified atom stereocenters. The number of aromatic nitrogens is 4. The first kappa shape index (κ1) is 42.3. The zero-order valence-corrected chi connectivity index (χ0v) is 31.9. The molecule has 1 fully saturated rings. The van der Waals surface area contributed by atoms with Crippen molar-refractivity contribution in [1.29, 1.82) is 0 Å². The van der Waals surface area contributed by atoms with Crippen LogP contribution in [0.1, 0.15) is 79.7 Å². The van der Waals surface area contributed by atoms with Crippen molar-refractivity contribution >= 4 is 52.5 Å². The summed E-state index contributed by atoms with van der Waals surface area (Å²) in [6.45, 7) is 12.7. The van der Waals surface area contributed by atoms with Crippen LogP contribution in [0.5, 0.6) is 0 Å². The predicted octanol–water partition coefficient (Wildman–Crippen LogP) is 7.20. The van der Waals surface area contributed by atoms with Crippen molar-refractivity contribution in [3.8, 4) is 0 Å². The lowest BCUT2D eigenvalue weighted by Gasteiger charge is -2.31. The van der Waals surface area contributed by atoms with Gasteiger partial charge in [0.2, 0.25) is 10.9 Å². The summed E-state index contributed by atoms with van der Waals surface area (Å²) in [5.41, 5.74) is -5.90. The number of amides is 2. The molecule has 3 heterocycles. The molecule has 1 aliphatic rings. The van der Waals surface area contributed by atoms with Gasteiger partial charge in [-0.25, -0.2) is 23.8 Å². The number of fused-ring (bicyclic) bond motifs is 1. The number of halogens is 5. The van der Waals surface area contributed by atoms with Gasteiger partial charge >= 0.3 is 24.3 Å². The number of hydrogen-bond donors (Lipinski definition) is 0. The van der Waals surface area contributed by atoms with E-state index in [2.05, 4.69) is 15.0 Å². The van der Waals surface area contributed by atoms with E-state index in [1.54, 1.807) is 41.5 Å². The second-order valence-electron chi connectivity index (χ2n) is 14.6. The lowest BCUT2D eigenvalue weighted by atomic mass is 9.89. The molecule has 1 aliphatic heterocycles. The van der Waals surface area contributed by atoms with Crippen LogP contribution in [0.15, 0.2) is 30.6 Å². The van der Waals surface area contributed by atoms with E-state index in [1.165, 1.54) is 19.9 Å². The van der Waals surface area contributed by atoms with E-state index < -0.39 is 101 Å². The molecular weight excluding hydrogens is 746 g/mol. The van der Waals surface area contributed by atoms with Crippen molar-refractivity contribution in [1.82, 2.24) is 19.5 Å². The minimum Gasteiger partial charge on any atom is -0.463 e. The minimum absolute atomic E-state index is 0.0428. The topological polar surface area (TPSA) is 161 Å². The fraction of sp³-hybridized carbons (Fsp3) is 0.571. The largest absolute Gasteiger partial charge is 0.463 e. The number of imidazole rings is 1. The van der Waals surface area contributed by atoms with Crippen LogP contribution in [0.4, 0.5) is 33.0 Å². The number of esters is 1. The lowest BCUT2D eigenvalue weighted by Crippen LogP contribution is -2.52. The Hall–Kier alpha value is -4.42. The molecule has 4 rings (SSSR count). The summed E-state index contributed by atoms with van der Waals surface area (Å²) < 4.78 is 85.7. The van der Waals surface area contributed by atoms with Gasteiger partial charge in [-0.2, -0.15) is 28.0 Å². The molecule has 54 heavy (non-hydrogen) atoms. The Kier molecular flexibility index (Phi) is 12.3. The molecule has 19 heteroatoms. The Bertz CT molecular complexity index is 1870. The van der Waals surface area contributed by atoms with E-state index in [0.717, 1.165) is 36.0 Å². The Balaban J connectivity index is 1.69. The predicted molar refractivity (Wildman–Crippen MR) is 184 cm³/mol. The highest BCUT2D eigenvalue weighted by Crippen LogP contribution is 2.40. The van der Waals surface area contributed by atoms with Gasteiger partial charge in [0.25, 0.3) is 0 Å². The average molecular weight is 788 g/mol. The van der Waals surface area contributed by atoms with E-state index in [-0.39, 0.29) is 23.3 Å². The molecule has 0 saturated carbocycles. The van der Waals surface area contributed by atoms with Crippen molar-refractivity contribution in [3.05, 3.63) is 47.0 Å². The van der Waals surface area contributed by atoms with Gasteiger partial charge in [0.1, 0.15) is 11.2 Å². The van der Waals surface area contributed by atoms with Crippen LogP contribution in [0.2, 0.25) is 5.28 Å². The van der Waals surface area contributed by atoms with Crippen LogP contribution in [-0.2, 0) is 45.9 Å². The average Bonchev–Trinajstić information content (AvgIpc) is 3.57. The standard InChI is InChI=1S/C35H42ClF4N5O9/c1-10-50-28(47)34(19(3)46,15-20-12-11-13-21(14-20)35(38,39)40)51-16-22-18(2)23(37)27(52-22)44-17-41-24-25(44)42-29(36)43-26(24)45(30(48)53-32(4,5)6)31(49)54-33(7,8)9/h11-14,17-18,22-23,27H,10,15-16H2,1-9H3/t18-,22-,23+,27-,34?/m1/s1. The SMILES string of the molecule is CCOC(=O)C(Cc1cccc(C(F)(F)F)c1)(OC[C@H]1O[C@@H](n2cnc3c(N(C(=O)OC(C)(C)C)C(=O)OC(C)(C)C)nc(Cl)nc32)[C@@H](F)[C@@H]1C)C(C)=O. The zero-order valence-electron chi connectivity index (χ0n) is 31.1. The Morgan fingerprint density at radius 2 is 1.61 bits per heavy atom. The summed E-state index contributed by atoms with van der Waals surface area (Å²) in [6.07, 6.45) is -11.0. The number of carbonyl (C=O) groups excluding carboxylic acids is 4. The van der Waals surface area contributed by atoms with Gasteiger partial charge in [0.05, 0.1) is 31.2 Å². The van der Waals surface area contributed by atoms with E-state index >= 15 is 4.39 Å². The molecule has 0 aliphatic carbocycles. The Labute approximate surface area is 313 Å². The summed E-state index contributed by atoms with van der Waals surface area (Å²) in [7, 11) is 0. The van der Waals surface area contributed by atoms with Crippen LogP contribution in [0, 0.1) is 5.92 Å². The highest BCUT2D eigenvalue weighted by Gasteiger charge is 2.50. The monoisotopic (exact) mass is 787 g/mol. The Morgan fingerprint density at radius 3 is 2.15 bits per heavy atom. The minimum atomic E-state index is -4.70. The number of imide groups is 1. The van der Waals surface area contributed by atoms with E-state index in [4.69, 9.17) is 35.3 Å². The number of hydrogen-bond acceptors (Lipinski definition) is 12. The van der Waals surface area contributed by atoms with E-state index in [0.29, 0.717) is 4.90 Å². The number of ether oxygens (including phenoxy) is 5. The molecule has 14 nitrogen and oxygen atoms in total. The van der Waals surface area contributed by atoms with Crippen molar-refractivity contribution in [2.45, 2.75) is 110 Å². The molecule has 0 radical (unpaired) electrons. The van der Waals surface area contributed by atoms with Crippen LogP contribution in [-0.4, -0.2) is 85.8 Å². The van der Waals surface area contributed by atoms with Gasteiger partial charge in [0, 0.05) is 12.3 Å². The van der Waals surface area contributed by atoms with Crippen LogP contribution in [0.25, 0.3) is 11.2 Å². The molecule has 1 aromatic carbocycles. The first-order valence-electron chi connectivity index (χ1n) is 16.8. The fourth-order valence-corrected chi connectivity index (χ4v) is 5.66. The molecule has 1 saturated heterocycles. The number of Topliss-reactive ketones (excluding diaryl/α,β-unsaturated/α-hetero) is 1. The molecule has 0 spiro atoms. The number of anilines is 1. The summed E-state index contributed by atoms with van der Waals surface area (Å²) in [5, 5.41) is -0.465. The van der Waals surface area contributed by atoms with Gasteiger partial charge in [-0.15, -0.1) is 0 Å². The highest BCUT2D eigenvalue weighted by molar-refractivity contribution is 6.29. The number of ketones is 1. The van der Waals surface area contributed by atoms with Crippen molar-refractivity contribution in [2.75, 3.05) is 18.1 Å². The van der Waals surface area contributed by atoms with Crippen molar-refractivity contribution in [3.63, 3.8) is 0 Å². The van der Waals surface area contributed by atoms with Crippen molar-refractivity contribution < 1.29 is 60.4 Å². The Morgan fingerprint density at radius 1 is 1.00 bits per heavy atom. The van der Waals surface area contributed by atoms with Crippen LogP contribution >= 0.6 is 11.6 Å². The van der Waals surface area contributed by atoms with Gasteiger partial charge in [-0.05, 0) is 78.6 Å². The number of benzene rings is 1. The van der Waals surface area contributed by atoms with Gasteiger partial charge in [-0.1, -0.05) is 25.1 Å². The first-order chi connectivity index (χ1) is 24.9. The lowest BCUT2D eigenvalue weighted by molar-refractivity contribution is -0.182. The fourth-order valence-electron chi connectivity index (χ4n) is 5.50. The van der Waals surface area contributed by atoms with Crippen molar-refractivity contribution in [2.24, 2.45) is 5.92 Å². The van der Waals surface area contributed by atoms with Crippen LogP contribution in [0.3, 0.4) is 0 Å². The van der Waals surface area contributed by atoms with E-state index in [9.17, 15) is 32.3 Å². The second-order valence-corrected chi connectivity index (χ2v) is 14.9. The molecule has 2 amide bonds. The second kappa shape index (κ2) is 15.7. The molecular formula is C35H42ClF4N5O9. The number of carbonyl (C=O) groups is 4. The maximum Gasteiger partial charge on any atom is 0.425 e. The molecule has 3 aromatic rings. The van der Waals surface area contributed by atoms with Gasteiger partial charge < -0.3 is 23.7 Å². The summed E-state index contributed by atoms with van der Waals surface area (Å²) in [6, 6.07) is 4.07. The molecule has 0 bridgehead atoms. The molecule has 5 atom stereocenters. The molecule has 296 valence electrons. The number of nitrogens with zero attached hydrogens (tertiary/aromatic N) is 5. The number of rotatable bonds is 10. The molecule has 0 N–H and O–H groups in total. The third-order valence-electron chi connectivity index (χ3n) is 8.06. The maximum atomic E-state index is 16.1. The third kappa shape index (κ3) is 9.44. The first-order valence-corrected chi connectivity index (χ1v) is 17.2. The summed E-state index contributed by atoms with van der Waals surface area (Å²) in [5.74, 6) is -3.40. The maximum absolute atomic E-state index is 16.1. The van der Waals surface area contributed by atoms with Gasteiger partial charge in [-0.3, -0.25) is 9.36 Å². The third-order valence-corrected chi connectivity index (χ3v) is 8.23. The van der Waals surface area contributed by atoms with E-state index in [1.807, 2.05) is 0 Å². The normalized spacial score (nSPS) is 20.3. The quantitative estimate of drug-likeness (QED) is 0.0669. The zero-order chi connectivity index (χ0) is 40.6. The summed E-state index contributed by atoms with van der Waals surface area (Å²) in [4.78, 5) is 66.1.